The average Bonchev–Trinajstić information content (AvgIpc) is 3.56. The van der Waals surface area contributed by atoms with E-state index in [1.165, 1.54) is 0 Å². The van der Waals surface area contributed by atoms with Crippen LogP contribution in [0.5, 0.6) is 11.5 Å². The van der Waals surface area contributed by atoms with Crippen LogP contribution in [0.4, 0.5) is 0 Å². The van der Waals surface area contributed by atoms with Crippen LogP contribution in [0.1, 0.15) is 11.3 Å². The smallest absolute Gasteiger partial charge is 0.269 e. The van der Waals surface area contributed by atoms with E-state index in [0.717, 1.165) is 33.7 Å². The van der Waals surface area contributed by atoms with Crippen molar-refractivity contribution in [1.29, 1.82) is 0 Å². The van der Waals surface area contributed by atoms with Gasteiger partial charge in [-0.1, -0.05) is 30.3 Å². The van der Waals surface area contributed by atoms with Gasteiger partial charge in [0, 0.05) is 5.39 Å². The van der Waals surface area contributed by atoms with Crippen molar-refractivity contribution < 1.29 is 13.9 Å². The molecule has 0 aliphatic heterocycles. The van der Waals surface area contributed by atoms with Crippen LogP contribution in [-0.4, -0.2) is 30.6 Å². The first-order valence-electron chi connectivity index (χ1n) is 10.6. The molecule has 34 heavy (non-hydrogen) atoms. The summed E-state index contributed by atoms with van der Waals surface area (Å²) in [5.74, 6) is 2.12. The second kappa shape index (κ2) is 8.62. The first kappa shape index (κ1) is 19.9. The van der Waals surface area contributed by atoms with E-state index in [1.807, 2.05) is 72.8 Å². The lowest BCUT2D eigenvalue weighted by atomic mass is 10.2. The molecule has 0 bridgehead atoms. The van der Waals surface area contributed by atoms with Crippen molar-refractivity contribution in [2.24, 2.45) is 0 Å². The summed E-state index contributed by atoms with van der Waals surface area (Å²) < 4.78 is 17.5. The van der Waals surface area contributed by atoms with Crippen LogP contribution in [-0.2, 0) is 13.2 Å². The molecule has 0 spiro atoms. The van der Waals surface area contributed by atoms with Crippen molar-refractivity contribution in [2.45, 2.75) is 13.2 Å². The minimum Gasteiger partial charge on any atom is -0.489 e. The maximum Gasteiger partial charge on any atom is 0.269 e. The summed E-state index contributed by atoms with van der Waals surface area (Å²) in [7, 11) is 0. The number of pyridine rings is 1. The SMILES string of the molecule is c1ccc2nc(COc3ccc(OCc4ccc5nc(-c6nn[nH]n6)oc5c4)cc3)ccc2c1. The van der Waals surface area contributed by atoms with Gasteiger partial charge in [0.25, 0.3) is 11.7 Å². The molecule has 1 N–H and O–H groups in total. The lowest BCUT2D eigenvalue weighted by molar-refractivity contribution is 0.295. The Morgan fingerprint density at radius 3 is 2.41 bits per heavy atom. The quantitative estimate of drug-likeness (QED) is 0.372. The largest absolute Gasteiger partial charge is 0.489 e. The highest BCUT2D eigenvalue weighted by molar-refractivity contribution is 5.78. The third-order valence-electron chi connectivity index (χ3n) is 5.26. The van der Waals surface area contributed by atoms with Crippen molar-refractivity contribution in [2.75, 3.05) is 0 Å². The Morgan fingerprint density at radius 2 is 1.59 bits per heavy atom. The highest BCUT2D eigenvalue weighted by Crippen LogP contribution is 2.24. The second-order valence-electron chi connectivity index (χ2n) is 7.60. The van der Waals surface area contributed by atoms with E-state index in [0.29, 0.717) is 36.0 Å². The van der Waals surface area contributed by atoms with Gasteiger partial charge in [0.15, 0.2) is 5.58 Å². The van der Waals surface area contributed by atoms with Crippen LogP contribution in [0.3, 0.4) is 0 Å². The standard InChI is InChI=1S/C25H18N6O3/c1-2-4-21-17(3-1)6-7-18(26-21)15-33-20-10-8-19(9-11-20)32-14-16-5-12-22-23(13-16)34-25(27-22)24-28-30-31-29-24/h1-13H,14-15H2,(H,28,29,30,31). The van der Waals surface area contributed by atoms with Gasteiger partial charge in [0.1, 0.15) is 30.2 Å². The first-order chi connectivity index (χ1) is 16.8. The second-order valence-corrected chi connectivity index (χ2v) is 7.60. The number of benzene rings is 3. The number of para-hydroxylation sites is 1. The topological polar surface area (TPSA) is 112 Å². The van der Waals surface area contributed by atoms with Crippen LogP contribution in [0, 0.1) is 0 Å². The lowest BCUT2D eigenvalue weighted by Crippen LogP contribution is -1.99. The maximum absolute atomic E-state index is 5.92. The molecule has 9 heteroatoms. The van der Waals surface area contributed by atoms with Gasteiger partial charge < -0.3 is 13.9 Å². The number of aromatic nitrogens is 6. The monoisotopic (exact) mass is 450 g/mol. The third kappa shape index (κ3) is 4.14. The molecule has 0 aliphatic rings. The van der Waals surface area contributed by atoms with Crippen molar-refractivity contribution in [1.82, 2.24) is 30.6 Å². The number of aromatic amines is 1. The van der Waals surface area contributed by atoms with Crippen molar-refractivity contribution in [3.05, 3.63) is 90.1 Å². The predicted octanol–water partition coefficient (Wildman–Crippen LogP) is 4.71. The number of fused-ring (bicyclic) bond motifs is 2. The van der Waals surface area contributed by atoms with E-state index < -0.39 is 0 Å². The summed E-state index contributed by atoms with van der Waals surface area (Å²) in [5, 5.41) is 14.8. The predicted molar refractivity (Wildman–Crippen MR) is 124 cm³/mol. The molecule has 0 radical (unpaired) electrons. The summed E-state index contributed by atoms with van der Waals surface area (Å²) >= 11 is 0. The maximum atomic E-state index is 5.92. The molecule has 9 nitrogen and oxygen atoms in total. The van der Waals surface area contributed by atoms with Crippen molar-refractivity contribution in [3.8, 4) is 23.2 Å². The number of H-pyrrole nitrogens is 1. The molecule has 3 aromatic carbocycles. The number of tetrazole rings is 1. The summed E-state index contributed by atoms with van der Waals surface area (Å²) in [6.45, 7) is 0.781. The van der Waals surface area contributed by atoms with Crippen molar-refractivity contribution >= 4 is 22.0 Å². The molecule has 6 rings (SSSR count). The molecule has 3 aromatic heterocycles. The molecule has 0 atom stereocenters. The Morgan fingerprint density at radius 1 is 0.765 bits per heavy atom. The van der Waals surface area contributed by atoms with E-state index in [9.17, 15) is 0 Å². The number of hydrogen-bond donors (Lipinski definition) is 1. The molecule has 6 aromatic rings. The van der Waals surface area contributed by atoms with E-state index in [-0.39, 0.29) is 0 Å². The molecule has 0 saturated carbocycles. The van der Waals surface area contributed by atoms with Crippen molar-refractivity contribution in [3.63, 3.8) is 0 Å². The number of nitrogens with zero attached hydrogens (tertiary/aromatic N) is 5. The Labute approximate surface area is 193 Å². The van der Waals surface area contributed by atoms with E-state index >= 15 is 0 Å². The molecular formula is C25H18N6O3. The van der Waals surface area contributed by atoms with Gasteiger partial charge >= 0.3 is 0 Å². The fourth-order valence-corrected chi connectivity index (χ4v) is 3.55. The van der Waals surface area contributed by atoms with Gasteiger partial charge in [0.05, 0.1) is 11.2 Å². The summed E-state index contributed by atoms with van der Waals surface area (Å²) in [6.07, 6.45) is 0. The number of hydrogen-bond acceptors (Lipinski definition) is 8. The van der Waals surface area contributed by atoms with E-state index in [1.54, 1.807) is 0 Å². The van der Waals surface area contributed by atoms with E-state index in [2.05, 4.69) is 36.7 Å². The van der Waals surface area contributed by atoms with Gasteiger partial charge in [-0.15, -0.1) is 10.2 Å². The van der Waals surface area contributed by atoms with Crippen LogP contribution in [0.2, 0.25) is 0 Å². The fourth-order valence-electron chi connectivity index (χ4n) is 3.55. The third-order valence-corrected chi connectivity index (χ3v) is 5.26. The number of ether oxygens (including phenoxy) is 2. The molecule has 0 saturated heterocycles. The minimum absolute atomic E-state index is 0.313. The number of oxazole rings is 1. The Kier molecular flexibility index (Phi) is 5.04. The van der Waals surface area contributed by atoms with Crippen LogP contribution >= 0.6 is 0 Å². The number of nitrogens with one attached hydrogen (secondary N) is 1. The molecule has 0 fully saturated rings. The Hall–Kier alpha value is -4.79. The summed E-state index contributed by atoms with van der Waals surface area (Å²) in [6, 6.07) is 25.3. The Balaban J connectivity index is 1.07. The van der Waals surface area contributed by atoms with Crippen LogP contribution in [0.15, 0.2) is 83.3 Å². The van der Waals surface area contributed by atoms with Gasteiger partial charge in [-0.25, -0.2) is 9.97 Å². The molecule has 0 unspecified atom stereocenters. The first-order valence-corrected chi connectivity index (χ1v) is 10.6. The van der Waals surface area contributed by atoms with Crippen LogP contribution in [0.25, 0.3) is 33.7 Å². The Bertz CT molecular complexity index is 1560. The van der Waals surface area contributed by atoms with Gasteiger partial charge in [-0.2, -0.15) is 5.21 Å². The highest BCUT2D eigenvalue weighted by Gasteiger charge is 2.12. The van der Waals surface area contributed by atoms with Gasteiger partial charge in [-0.05, 0) is 59.3 Å². The zero-order valence-electron chi connectivity index (χ0n) is 17.9. The molecular weight excluding hydrogens is 432 g/mol. The summed E-state index contributed by atoms with van der Waals surface area (Å²) in [4.78, 5) is 9.00. The minimum atomic E-state index is 0.313. The summed E-state index contributed by atoms with van der Waals surface area (Å²) in [5.41, 5.74) is 4.13. The average molecular weight is 450 g/mol. The zero-order valence-corrected chi connectivity index (χ0v) is 17.9. The molecule has 0 amide bonds. The van der Waals surface area contributed by atoms with Gasteiger partial charge in [-0.3, -0.25) is 0 Å². The van der Waals surface area contributed by atoms with E-state index in [4.69, 9.17) is 13.9 Å². The lowest BCUT2D eigenvalue weighted by Gasteiger charge is -2.09. The van der Waals surface area contributed by atoms with Gasteiger partial charge in [0.2, 0.25) is 0 Å². The normalized spacial score (nSPS) is 11.2. The number of rotatable bonds is 7. The fraction of sp³-hybridized carbons (Fsp3) is 0.0800. The van der Waals surface area contributed by atoms with Crippen LogP contribution < -0.4 is 9.47 Å². The molecule has 0 aliphatic carbocycles. The molecule has 3 heterocycles. The molecule has 166 valence electrons. The zero-order chi connectivity index (χ0) is 22.7. The highest BCUT2D eigenvalue weighted by atomic mass is 16.5.